The molecule has 1 fully saturated rings. The Hall–Kier alpha value is -2.22. The van der Waals surface area contributed by atoms with Crippen LogP contribution in [0.25, 0.3) is 0 Å². The molecule has 0 saturated carbocycles. The van der Waals surface area contributed by atoms with E-state index in [1.807, 2.05) is 37.3 Å². The van der Waals surface area contributed by atoms with E-state index < -0.39 is 9.84 Å². The van der Waals surface area contributed by atoms with Gasteiger partial charge in [0.25, 0.3) is 0 Å². The van der Waals surface area contributed by atoms with Crippen LogP contribution in [0.5, 0.6) is 0 Å². The van der Waals surface area contributed by atoms with Crippen LogP contribution in [0.1, 0.15) is 43.0 Å². The number of amides is 1. The standard InChI is InChI=1S/C18H23N3O4S/c1-3-21(15-9-10-26(23,24)12-15)17(22)11-16(14-7-5-4-6-8-14)18-20-19-13(2)25-18/h4-8,15-16H,3,9-12H2,1-2H3. The molecular weight excluding hydrogens is 354 g/mol. The van der Waals surface area contributed by atoms with E-state index in [0.29, 0.717) is 24.7 Å². The molecule has 1 aromatic heterocycles. The van der Waals surface area contributed by atoms with Crippen molar-refractivity contribution in [2.75, 3.05) is 18.1 Å². The average molecular weight is 377 g/mol. The lowest BCUT2D eigenvalue weighted by Gasteiger charge is -2.28. The maximum absolute atomic E-state index is 13.0. The normalized spacial score (nSPS) is 20.0. The van der Waals surface area contributed by atoms with Crippen LogP contribution in [0.15, 0.2) is 34.7 Å². The van der Waals surface area contributed by atoms with Crippen molar-refractivity contribution in [2.24, 2.45) is 0 Å². The minimum absolute atomic E-state index is 0.0439. The predicted molar refractivity (Wildman–Crippen MR) is 96.4 cm³/mol. The van der Waals surface area contributed by atoms with E-state index in [2.05, 4.69) is 10.2 Å². The number of aromatic nitrogens is 2. The van der Waals surface area contributed by atoms with Crippen molar-refractivity contribution in [3.8, 4) is 0 Å². The van der Waals surface area contributed by atoms with Gasteiger partial charge in [0.1, 0.15) is 0 Å². The van der Waals surface area contributed by atoms with Gasteiger partial charge in [0, 0.05) is 25.9 Å². The quantitative estimate of drug-likeness (QED) is 0.764. The van der Waals surface area contributed by atoms with Crippen molar-refractivity contribution in [3.63, 3.8) is 0 Å². The number of carbonyl (C=O) groups is 1. The minimum atomic E-state index is -3.05. The summed E-state index contributed by atoms with van der Waals surface area (Å²) in [5.74, 6) is 0.588. The molecule has 1 aliphatic heterocycles. The largest absolute Gasteiger partial charge is 0.425 e. The molecule has 1 aromatic carbocycles. The van der Waals surface area contributed by atoms with E-state index in [9.17, 15) is 13.2 Å². The molecule has 8 heteroatoms. The molecular formula is C18H23N3O4S. The fraction of sp³-hybridized carbons (Fsp3) is 0.500. The summed E-state index contributed by atoms with van der Waals surface area (Å²) in [7, 11) is -3.05. The monoisotopic (exact) mass is 377 g/mol. The first-order chi connectivity index (χ1) is 12.4. The Balaban J connectivity index is 1.83. The number of hydrogen-bond donors (Lipinski definition) is 0. The van der Waals surface area contributed by atoms with E-state index in [-0.39, 0.29) is 35.8 Å². The Morgan fingerprint density at radius 3 is 2.58 bits per heavy atom. The summed E-state index contributed by atoms with van der Waals surface area (Å²) in [6, 6.07) is 9.30. The molecule has 3 rings (SSSR count). The molecule has 0 spiro atoms. The number of nitrogens with zero attached hydrogens (tertiary/aromatic N) is 3. The summed E-state index contributed by atoms with van der Waals surface area (Å²) in [5.41, 5.74) is 0.916. The van der Waals surface area contributed by atoms with E-state index in [4.69, 9.17) is 4.42 Å². The first-order valence-corrected chi connectivity index (χ1v) is 10.6. The highest BCUT2D eigenvalue weighted by Crippen LogP contribution is 2.29. The van der Waals surface area contributed by atoms with Crippen molar-refractivity contribution < 1.29 is 17.6 Å². The minimum Gasteiger partial charge on any atom is -0.425 e. The molecule has 2 heterocycles. The molecule has 7 nitrogen and oxygen atoms in total. The number of rotatable bonds is 6. The third-order valence-corrected chi connectivity index (χ3v) is 6.48. The van der Waals surface area contributed by atoms with Gasteiger partial charge in [-0.3, -0.25) is 4.79 Å². The van der Waals surface area contributed by atoms with Crippen molar-refractivity contribution in [2.45, 2.75) is 38.6 Å². The second-order valence-corrected chi connectivity index (χ2v) is 8.79. The van der Waals surface area contributed by atoms with Gasteiger partial charge in [-0.05, 0) is 18.9 Å². The molecule has 1 amide bonds. The van der Waals surface area contributed by atoms with Gasteiger partial charge in [0.2, 0.25) is 17.7 Å². The molecule has 0 radical (unpaired) electrons. The lowest BCUT2D eigenvalue weighted by Crippen LogP contribution is -2.41. The van der Waals surface area contributed by atoms with Crippen LogP contribution < -0.4 is 0 Å². The first-order valence-electron chi connectivity index (χ1n) is 8.74. The first kappa shape index (κ1) is 18.6. The van der Waals surface area contributed by atoms with Gasteiger partial charge in [-0.25, -0.2) is 8.42 Å². The third kappa shape index (κ3) is 4.12. The molecule has 2 aromatic rings. The highest BCUT2D eigenvalue weighted by Gasteiger charge is 2.35. The van der Waals surface area contributed by atoms with Gasteiger partial charge < -0.3 is 9.32 Å². The Labute approximate surface area is 153 Å². The van der Waals surface area contributed by atoms with Crippen LogP contribution >= 0.6 is 0 Å². The van der Waals surface area contributed by atoms with Crippen LogP contribution in [0.2, 0.25) is 0 Å². The van der Waals surface area contributed by atoms with Crippen LogP contribution in [-0.4, -0.2) is 53.5 Å². The highest BCUT2D eigenvalue weighted by atomic mass is 32.2. The zero-order valence-corrected chi connectivity index (χ0v) is 15.8. The van der Waals surface area contributed by atoms with Crippen molar-refractivity contribution >= 4 is 15.7 Å². The van der Waals surface area contributed by atoms with Gasteiger partial charge in [-0.1, -0.05) is 30.3 Å². The van der Waals surface area contributed by atoms with Gasteiger partial charge in [0.05, 0.1) is 17.4 Å². The van der Waals surface area contributed by atoms with Gasteiger partial charge in [0.15, 0.2) is 9.84 Å². The molecule has 2 atom stereocenters. The zero-order chi connectivity index (χ0) is 18.7. The molecule has 0 bridgehead atoms. The Morgan fingerprint density at radius 2 is 2.04 bits per heavy atom. The van der Waals surface area contributed by atoms with Crippen LogP contribution in [-0.2, 0) is 14.6 Å². The van der Waals surface area contributed by atoms with Crippen LogP contribution in [0, 0.1) is 6.92 Å². The highest BCUT2D eigenvalue weighted by molar-refractivity contribution is 7.91. The molecule has 0 N–H and O–H groups in total. The van der Waals surface area contributed by atoms with E-state index in [1.54, 1.807) is 11.8 Å². The summed E-state index contributed by atoms with van der Waals surface area (Å²) < 4.78 is 29.1. The average Bonchev–Trinajstić information content (AvgIpc) is 3.19. The maximum atomic E-state index is 13.0. The van der Waals surface area contributed by atoms with Gasteiger partial charge in [-0.2, -0.15) is 0 Å². The Bertz CT molecular complexity index is 864. The smallest absolute Gasteiger partial charge is 0.224 e. The number of carbonyl (C=O) groups excluding carboxylic acids is 1. The van der Waals surface area contributed by atoms with Gasteiger partial charge in [-0.15, -0.1) is 10.2 Å². The van der Waals surface area contributed by atoms with Crippen LogP contribution in [0.3, 0.4) is 0 Å². The molecule has 2 unspecified atom stereocenters. The van der Waals surface area contributed by atoms with E-state index in [0.717, 1.165) is 5.56 Å². The third-order valence-electron chi connectivity index (χ3n) is 4.73. The van der Waals surface area contributed by atoms with Crippen molar-refractivity contribution in [1.29, 1.82) is 0 Å². The molecule has 140 valence electrons. The van der Waals surface area contributed by atoms with Gasteiger partial charge >= 0.3 is 0 Å². The number of benzene rings is 1. The fourth-order valence-corrected chi connectivity index (χ4v) is 5.17. The Kier molecular flexibility index (Phi) is 5.41. The van der Waals surface area contributed by atoms with E-state index in [1.165, 1.54) is 0 Å². The molecule has 1 aliphatic rings. The fourth-order valence-electron chi connectivity index (χ4n) is 3.44. The lowest BCUT2D eigenvalue weighted by atomic mass is 9.94. The molecule has 0 aliphatic carbocycles. The van der Waals surface area contributed by atoms with Crippen molar-refractivity contribution in [3.05, 3.63) is 47.7 Å². The van der Waals surface area contributed by atoms with Crippen LogP contribution in [0.4, 0.5) is 0 Å². The molecule has 26 heavy (non-hydrogen) atoms. The second-order valence-electron chi connectivity index (χ2n) is 6.56. The molecule has 1 saturated heterocycles. The summed E-state index contributed by atoms with van der Waals surface area (Å²) in [6.45, 7) is 4.06. The maximum Gasteiger partial charge on any atom is 0.224 e. The topological polar surface area (TPSA) is 93.4 Å². The summed E-state index contributed by atoms with van der Waals surface area (Å²) in [5, 5.41) is 7.98. The predicted octanol–water partition coefficient (Wildman–Crippen LogP) is 1.94. The summed E-state index contributed by atoms with van der Waals surface area (Å²) >= 11 is 0. The van der Waals surface area contributed by atoms with Crippen molar-refractivity contribution in [1.82, 2.24) is 15.1 Å². The summed E-state index contributed by atoms with van der Waals surface area (Å²) in [6.07, 6.45) is 0.660. The lowest BCUT2D eigenvalue weighted by molar-refractivity contribution is -0.133. The summed E-state index contributed by atoms with van der Waals surface area (Å²) in [4.78, 5) is 14.6. The number of aryl methyl sites for hydroxylation is 1. The SMILES string of the molecule is CCN(C(=O)CC(c1ccccc1)c1nnc(C)o1)C1CCS(=O)(=O)C1. The number of hydrogen-bond acceptors (Lipinski definition) is 6. The van der Waals surface area contributed by atoms with E-state index >= 15 is 0 Å². The Morgan fingerprint density at radius 1 is 1.31 bits per heavy atom. The number of sulfone groups is 1. The second kappa shape index (κ2) is 7.57. The zero-order valence-electron chi connectivity index (χ0n) is 15.0.